The molecule has 60 valence electrons. The van der Waals surface area contributed by atoms with Crippen LogP contribution in [-0.2, 0) is 0 Å². The zero-order chi connectivity index (χ0) is 8.10. The van der Waals surface area contributed by atoms with Crippen molar-refractivity contribution in [3.63, 3.8) is 0 Å². The molecule has 1 aromatic carbocycles. The van der Waals surface area contributed by atoms with E-state index in [0.717, 1.165) is 10.9 Å². The molecule has 0 aliphatic carbocycles. The zero-order valence-corrected chi connectivity index (χ0v) is 8.24. The van der Waals surface area contributed by atoms with Gasteiger partial charge in [0.2, 0.25) is 0 Å². The van der Waals surface area contributed by atoms with E-state index in [1.54, 1.807) is 0 Å². The van der Waals surface area contributed by atoms with Crippen LogP contribution in [0.5, 0.6) is 0 Å². The quantitative estimate of drug-likeness (QED) is 0.763. The molecule has 0 bridgehead atoms. The van der Waals surface area contributed by atoms with E-state index >= 15 is 0 Å². The van der Waals surface area contributed by atoms with Crippen LogP contribution >= 0.6 is 0 Å². The van der Waals surface area contributed by atoms with Gasteiger partial charge >= 0.3 is 73.2 Å². The second kappa shape index (κ2) is 4.55. The molecule has 0 saturated heterocycles. The van der Waals surface area contributed by atoms with Gasteiger partial charge in [-0.1, -0.05) is 0 Å². The SMILES string of the molecule is C[Se]CC(O)c1ccccc1. The zero-order valence-electron chi connectivity index (χ0n) is 6.53. The van der Waals surface area contributed by atoms with Crippen LogP contribution in [0.4, 0.5) is 0 Å². The molecule has 0 heterocycles. The van der Waals surface area contributed by atoms with E-state index in [0.29, 0.717) is 15.0 Å². The van der Waals surface area contributed by atoms with Crippen molar-refractivity contribution < 1.29 is 5.11 Å². The monoisotopic (exact) mass is 216 g/mol. The Labute approximate surface area is 73.6 Å². The third kappa shape index (κ3) is 2.66. The normalized spacial score (nSPS) is 12.9. The van der Waals surface area contributed by atoms with Crippen LogP contribution in [0.3, 0.4) is 0 Å². The van der Waals surface area contributed by atoms with Crippen LogP contribution in [-0.4, -0.2) is 20.1 Å². The van der Waals surface area contributed by atoms with Gasteiger partial charge in [-0.05, 0) is 0 Å². The number of hydrogen-bond donors (Lipinski definition) is 1. The minimum absolute atomic E-state index is 0.249. The van der Waals surface area contributed by atoms with Gasteiger partial charge < -0.3 is 0 Å². The molecule has 0 aliphatic heterocycles. The molecule has 0 radical (unpaired) electrons. The Bertz CT molecular complexity index is 198. The number of aliphatic hydroxyl groups is 1. The van der Waals surface area contributed by atoms with Crippen molar-refractivity contribution >= 4 is 15.0 Å². The first-order chi connectivity index (χ1) is 5.34. The fourth-order valence-electron chi connectivity index (χ4n) is 0.929. The van der Waals surface area contributed by atoms with Gasteiger partial charge in [-0.2, -0.15) is 0 Å². The van der Waals surface area contributed by atoms with Crippen molar-refractivity contribution in [3.8, 4) is 0 Å². The Morgan fingerprint density at radius 1 is 1.36 bits per heavy atom. The molecule has 2 heteroatoms. The van der Waals surface area contributed by atoms with Gasteiger partial charge in [0.25, 0.3) is 0 Å². The third-order valence-corrected chi connectivity index (χ3v) is 2.87. The molecule has 0 saturated carbocycles. The van der Waals surface area contributed by atoms with Crippen molar-refractivity contribution in [2.75, 3.05) is 0 Å². The third-order valence-electron chi connectivity index (χ3n) is 1.51. The molecule has 0 amide bonds. The van der Waals surface area contributed by atoms with Crippen molar-refractivity contribution in [3.05, 3.63) is 35.9 Å². The van der Waals surface area contributed by atoms with Crippen molar-refractivity contribution in [2.24, 2.45) is 0 Å². The molecule has 1 unspecified atom stereocenters. The van der Waals surface area contributed by atoms with E-state index in [1.807, 2.05) is 30.3 Å². The Morgan fingerprint density at radius 3 is 2.55 bits per heavy atom. The van der Waals surface area contributed by atoms with Crippen LogP contribution < -0.4 is 0 Å². The van der Waals surface area contributed by atoms with Crippen LogP contribution in [0.2, 0.25) is 11.1 Å². The number of hydrogen-bond acceptors (Lipinski definition) is 1. The van der Waals surface area contributed by atoms with Crippen LogP contribution in [0.25, 0.3) is 0 Å². The summed E-state index contributed by atoms with van der Waals surface area (Å²) in [7, 11) is 0. The van der Waals surface area contributed by atoms with E-state index in [2.05, 4.69) is 5.82 Å². The second-order valence-electron chi connectivity index (χ2n) is 2.38. The van der Waals surface area contributed by atoms with Crippen LogP contribution in [0.1, 0.15) is 11.7 Å². The molecule has 0 spiro atoms. The summed E-state index contributed by atoms with van der Waals surface area (Å²) in [6.45, 7) is 0. The number of rotatable bonds is 3. The first-order valence-electron chi connectivity index (χ1n) is 3.56. The van der Waals surface area contributed by atoms with Gasteiger partial charge in [0.05, 0.1) is 0 Å². The van der Waals surface area contributed by atoms with Gasteiger partial charge in [0.15, 0.2) is 0 Å². The van der Waals surface area contributed by atoms with Gasteiger partial charge in [-0.25, -0.2) is 0 Å². The van der Waals surface area contributed by atoms with Gasteiger partial charge in [0.1, 0.15) is 0 Å². The average molecular weight is 215 g/mol. The summed E-state index contributed by atoms with van der Waals surface area (Å²) < 4.78 is 0. The van der Waals surface area contributed by atoms with Crippen molar-refractivity contribution in [1.82, 2.24) is 0 Å². The minimum atomic E-state index is -0.249. The fourth-order valence-corrected chi connectivity index (χ4v) is 2.00. The summed E-state index contributed by atoms with van der Waals surface area (Å²) in [6.07, 6.45) is -0.249. The molecule has 1 rings (SSSR count). The summed E-state index contributed by atoms with van der Waals surface area (Å²) in [5, 5.41) is 10.4. The standard InChI is InChI=1S/C9H12OSe/c1-11-7-9(10)8-5-3-2-4-6-8/h2-6,9-10H,7H2,1H3. The molecule has 0 fully saturated rings. The topological polar surface area (TPSA) is 20.2 Å². The van der Waals surface area contributed by atoms with E-state index in [1.165, 1.54) is 0 Å². The molecule has 1 N–H and O–H groups in total. The van der Waals surface area contributed by atoms with E-state index < -0.39 is 0 Å². The molecule has 1 aromatic rings. The van der Waals surface area contributed by atoms with Crippen LogP contribution in [0, 0.1) is 0 Å². The van der Waals surface area contributed by atoms with E-state index in [-0.39, 0.29) is 6.10 Å². The molecular weight excluding hydrogens is 203 g/mol. The molecule has 11 heavy (non-hydrogen) atoms. The number of benzene rings is 1. The van der Waals surface area contributed by atoms with Gasteiger partial charge in [-0.15, -0.1) is 0 Å². The molecule has 0 aliphatic rings. The maximum absolute atomic E-state index is 9.54. The van der Waals surface area contributed by atoms with Gasteiger partial charge in [0, 0.05) is 0 Å². The van der Waals surface area contributed by atoms with E-state index in [9.17, 15) is 5.11 Å². The summed E-state index contributed by atoms with van der Waals surface area (Å²) in [5.74, 6) is 2.14. The average Bonchev–Trinajstić information content (AvgIpc) is 2.07. The Balaban J connectivity index is 2.61. The Morgan fingerprint density at radius 2 is 2.00 bits per heavy atom. The van der Waals surface area contributed by atoms with Crippen molar-refractivity contribution in [1.29, 1.82) is 0 Å². The Hall–Kier alpha value is -0.301. The maximum atomic E-state index is 9.54. The molecule has 0 aromatic heterocycles. The van der Waals surface area contributed by atoms with E-state index in [4.69, 9.17) is 0 Å². The predicted octanol–water partition coefficient (Wildman–Crippen LogP) is 1.89. The summed E-state index contributed by atoms with van der Waals surface area (Å²) in [4.78, 5) is 0. The Kier molecular flexibility index (Phi) is 3.64. The molecule has 1 atom stereocenters. The summed E-state index contributed by atoms with van der Waals surface area (Å²) >= 11 is 0.551. The summed E-state index contributed by atoms with van der Waals surface area (Å²) in [6, 6.07) is 9.82. The summed E-state index contributed by atoms with van der Waals surface area (Å²) in [5.41, 5.74) is 1.04. The first-order valence-corrected chi connectivity index (χ1v) is 6.49. The number of aliphatic hydroxyl groups excluding tert-OH is 1. The second-order valence-corrected chi connectivity index (χ2v) is 4.29. The predicted molar refractivity (Wildman–Crippen MR) is 47.8 cm³/mol. The molecule has 1 nitrogen and oxygen atoms in total. The fraction of sp³-hybridized carbons (Fsp3) is 0.333. The molecular formula is C9H12OSe. The van der Waals surface area contributed by atoms with Crippen molar-refractivity contribution in [2.45, 2.75) is 17.2 Å². The van der Waals surface area contributed by atoms with Gasteiger partial charge in [-0.3, -0.25) is 0 Å². The van der Waals surface area contributed by atoms with Crippen LogP contribution in [0.15, 0.2) is 30.3 Å². The first kappa shape index (κ1) is 8.79.